The van der Waals surface area contributed by atoms with E-state index in [9.17, 15) is 4.57 Å². The minimum atomic E-state index is -2.54. The summed E-state index contributed by atoms with van der Waals surface area (Å²) in [4.78, 5) is 8.29. The van der Waals surface area contributed by atoms with Gasteiger partial charge in [0.1, 0.15) is 0 Å². The maximum atomic E-state index is 10.1. The lowest BCUT2D eigenvalue weighted by atomic mass is 10.4. The van der Waals surface area contributed by atoms with Gasteiger partial charge in [0.2, 0.25) is 6.29 Å². The topological polar surface area (TPSA) is 55.8 Å². The summed E-state index contributed by atoms with van der Waals surface area (Å²) in [6, 6.07) is 0. The molecule has 0 spiro atoms. The Hall–Kier alpha value is -0.0200. The molecule has 0 heterocycles. The Morgan fingerprint density at radius 3 is 2.73 bits per heavy atom. The van der Waals surface area contributed by atoms with E-state index in [-0.39, 0.29) is 0 Å². The van der Waals surface area contributed by atoms with Gasteiger partial charge in [-0.05, 0) is 13.3 Å². The second kappa shape index (κ2) is 6.68. The minimum absolute atomic E-state index is 0.570. The standard InChI is InChI=1S/C6H13O4P/c1-3-4-5-9-6(2)10-11(7)8/h6H,3-5H2,1-2H3/p+1. The van der Waals surface area contributed by atoms with Crippen molar-refractivity contribution in [1.29, 1.82) is 0 Å². The van der Waals surface area contributed by atoms with E-state index in [1.807, 2.05) is 6.92 Å². The second-order valence-electron chi connectivity index (χ2n) is 2.14. The van der Waals surface area contributed by atoms with Crippen molar-refractivity contribution in [3.8, 4) is 0 Å². The van der Waals surface area contributed by atoms with Gasteiger partial charge >= 0.3 is 8.25 Å². The molecule has 0 radical (unpaired) electrons. The van der Waals surface area contributed by atoms with Crippen molar-refractivity contribution in [3.63, 3.8) is 0 Å². The molecule has 0 aliphatic rings. The van der Waals surface area contributed by atoms with Gasteiger partial charge in [-0.25, -0.2) is 0 Å². The highest BCUT2D eigenvalue weighted by Gasteiger charge is 2.18. The number of ether oxygens (including phenoxy) is 1. The lowest BCUT2D eigenvalue weighted by molar-refractivity contribution is -0.0680. The number of unbranched alkanes of at least 4 members (excludes halogenated alkanes) is 1. The molecule has 5 heteroatoms. The summed E-state index contributed by atoms with van der Waals surface area (Å²) in [5, 5.41) is 0. The molecule has 2 atom stereocenters. The summed E-state index contributed by atoms with van der Waals surface area (Å²) < 4.78 is 19.6. The number of rotatable bonds is 6. The molecule has 0 fully saturated rings. The van der Waals surface area contributed by atoms with Gasteiger partial charge in [-0.2, -0.15) is 0 Å². The number of hydrogen-bond acceptors (Lipinski definition) is 3. The monoisotopic (exact) mass is 181 g/mol. The van der Waals surface area contributed by atoms with Crippen LogP contribution in [0, 0.1) is 0 Å². The maximum absolute atomic E-state index is 10.1. The normalized spacial score (nSPS) is 14.6. The summed E-state index contributed by atoms with van der Waals surface area (Å²) >= 11 is 0. The number of hydrogen-bond donors (Lipinski definition) is 1. The molecule has 0 rings (SSSR count). The molecule has 0 aromatic heterocycles. The van der Waals surface area contributed by atoms with E-state index in [0.717, 1.165) is 12.8 Å². The Kier molecular flexibility index (Phi) is 6.66. The van der Waals surface area contributed by atoms with Crippen LogP contribution in [0.5, 0.6) is 0 Å². The molecule has 1 N–H and O–H groups in total. The van der Waals surface area contributed by atoms with Gasteiger partial charge in [-0.15, -0.1) is 4.89 Å². The molecule has 4 nitrogen and oxygen atoms in total. The van der Waals surface area contributed by atoms with E-state index in [2.05, 4.69) is 4.52 Å². The van der Waals surface area contributed by atoms with Crippen molar-refractivity contribution in [2.24, 2.45) is 0 Å². The molecule has 0 amide bonds. The van der Waals surface area contributed by atoms with Crippen LogP contribution < -0.4 is 0 Å². The summed E-state index contributed by atoms with van der Waals surface area (Å²) in [5.74, 6) is 0. The predicted molar refractivity (Wildman–Crippen MR) is 41.2 cm³/mol. The van der Waals surface area contributed by atoms with E-state index in [4.69, 9.17) is 9.63 Å². The van der Waals surface area contributed by atoms with Gasteiger partial charge in [-0.1, -0.05) is 17.9 Å². The molecule has 0 aliphatic heterocycles. The molecular formula is C6H14O4P+. The van der Waals surface area contributed by atoms with Crippen LogP contribution in [0.25, 0.3) is 0 Å². The van der Waals surface area contributed by atoms with Crippen molar-refractivity contribution in [3.05, 3.63) is 0 Å². The van der Waals surface area contributed by atoms with Crippen LogP contribution in [0.3, 0.4) is 0 Å². The van der Waals surface area contributed by atoms with Crippen LogP contribution in [0.15, 0.2) is 0 Å². The summed E-state index contributed by atoms with van der Waals surface area (Å²) in [6.07, 6.45) is 1.39. The smallest absolute Gasteiger partial charge is 0.348 e. The van der Waals surface area contributed by atoms with E-state index < -0.39 is 14.5 Å². The van der Waals surface area contributed by atoms with Gasteiger partial charge in [0, 0.05) is 11.2 Å². The van der Waals surface area contributed by atoms with Crippen molar-refractivity contribution in [1.82, 2.24) is 0 Å². The summed E-state index contributed by atoms with van der Waals surface area (Å²) in [7, 11) is -2.54. The third-order valence-electron chi connectivity index (χ3n) is 1.09. The molecule has 0 aliphatic carbocycles. The van der Waals surface area contributed by atoms with Gasteiger partial charge in [0.05, 0.1) is 0 Å². The molecular weight excluding hydrogens is 167 g/mol. The van der Waals surface area contributed by atoms with Crippen molar-refractivity contribution in [2.45, 2.75) is 33.0 Å². The summed E-state index contributed by atoms with van der Waals surface area (Å²) in [6.45, 7) is 4.21. The zero-order valence-corrected chi connectivity index (χ0v) is 7.71. The average Bonchev–Trinajstić information content (AvgIpc) is 1.86. The zero-order valence-electron chi connectivity index (χ0n) is 6.82. The first-order valence-corrected chi connectivity index (χ1v) is 4.74. The summed E-state index contributed by atoms with van der Waals surface area (Å²) in [5.41, 5.74) is 0. The SMILES string of the molecule is CCCCOC(C)O[P+](=O)O. The molecule has 66 valence electrons. The third kappa shape index (κ3) is 7.88. The van der Waals surface area contributed by atoms with Crippen molar-refractivity contribution in [2.75, 3.05) is 6.61 Å². The molecule has 0 bridgehead atoms. The van der Waals surface area contributed by atoms with Crippen LogP contribution in [0.2, 0.25) is 0 Å². The Morgan fingerprint density at radius 1 is 1.64 bits per heavy atom. The first-order valence-electron chi connectivity index (χ1n) is 3.61. The van der Waals surface area contributed by atoms with E-state index in [1.165, 1.54) is 0 Å². The van der Waals surface area contributed by atoms with E-state index in [0.29, 0.717) is 6.61 Å². The third-order valence-corrected chi connectivity index (χ3v) is 1.57. The first kappa shape index (κ1) is 11.0. The quantitative estimate of drug-likeness (QED) is 0.385. The van der Waals surface area contributed by atoms with E-state index in [1.54, 1.807) is 6.92 Å². The predicted octanol–water partition coefficient (Wildman–Crippen LogP) is 1.82. The van der Waals surface area contributed by atoms with Crippen LogP contribution in [-0.2, 0) is 13.8 Å². The van der Waals surface area contributed by atoms with Crippen molar-refractivity contribution < 1.29 is 18.7 Å². The van der Waals surface area contributed by atoms with Crippen LogP contribution in [0.1, 0.15) is 26.7 Å². The zero-order chi connectivity index (χ0) is 8.69. The fourth-order valence-electron chi connectivity index (χ4n) is 0.551. The van der Waals surface area contributed by atoms with Gasteiger partial charge in [0.25, 0.3) is 0 Å². The maximum Gasteiger partial charge on any atom is 0.697 e. The Labute approximate surface area is 67.5 Å². The second-order valence-corrected chi connectivity index (χ2v) is 2.82. The van der Waals surface area contributed by atoms with Crippen LogP contribution in [0.4, 0.5) is 0 Å². The fraction of sp³-hybridized carbons (Fsp3) is 1.00. The average molecular weight is 181 g/mol. The molecule has 0 saturated carbocycles. The Balaban J connectivity index is 3.22. The molecule has 0 aromatic carbocycles. The highest BCUT2D eigenvalue weighted by Crippen LogP contribution is 2.18. The molecule has 11 heavy (non-hydrogen) atoms. The minimum Gasteiger partial charge on any atom is -0.348 e. The van der Waals surface area contributed by atoms with Crippen LogP contribution >= 0.6 is 8.25 Å². The molecule has 0 saturated heterocycles. The Bertz CT molecular complexity index is 117. The molecule has 2 unspecified atom stereocenters. The molecule has 0 aromatic rings. The first-order chi connectivity index (χ1) is 5.16. The fourth-order valence-corrected chi connectivity index (χ4v) is 0.866. The van der Waals surface area contributed by atoms with Crippen molar-refractivity contribution >= 4 is 8.25 Å². The lowest BCUT2D eigenvalue weighted by Crippen LogP contribution is -2.09. The lowest BCUT2D eigenvalue weighted by Gasteiger charge is -2.04. The van der Waals surface area contributed by atoms with Gasteiger partial charge in [0.15, 0.2) is 0 Å². The van der Waals surface area contributed by atoms with E-state index >= 15 is 0 Å². The van der Waals surface area contributed by atoms with Crippen LogP contribution in [-0.4, -0.2) is 17.8 Å². The Morgan fingerprint density at radius 2 is 2.27 bits per heavy atom. The highest BCUT2D eigenvalue weighted by molar-refractivity contribution is 7.32. The van der Waals surface area contributed by atoms with Gasteiger partial charge in [-0.3, -0.25) is 0 Å². The highest BCUT2D eigenvalue weighted by atomic mass is 31.1. The largest absolute Gasteiger partial charge is 0.697 e. The van der Waals surface area contributed by atoms with Gasteiger partial charge < -0.3 is 4.74 Å².